The number of hydrogen-bond acceptors (Lipinski definition) is 6. The molecule has 6 heteroatoms. The second-order valence-corrected chi connectivity index (χ2v) is 5.25. The number of hydrogen-bond donors (Lipinski definition) is 1. The van der Waals surface area contributed by atoms with E-state index < -0.39 is 0 Å². The Morgan fingerprint density at radius 2 is 2.21 bits per heavy atom. The number of aromatic nitrogens is 3. The highest BCUT2D eigenvalue weighted by Crippen LogP contribution is 2.28. The lowest BCUT2D eigenvalue weighted by atomic mass is 10.3. The molecule has 5 nitrogen and oxygen atoms in total. The quantitative estimate of drug-likeness (QED) is 0.880. The first-order valence-corrected chi connectivity index (χ1v) is 7.11. The summed E-state index contributed by atoms with van der Waals surface area (Å²) in [5.41, 5.74) is 0.797. The summed E-state index contributed by atoms with van der Waals surface area (Å²) in [6.07, 6.45) is 4.52. The summed E-state index contributed by atoms with van der Waals surface area (Å²) in [4.78, 5) is 13.9. The highest BCUT2D eigenvalue weighted by molar-refractivity contribution is 7.15. The average Bonchev–Trinajstić information content (AvgIpc) is 2.94. The molecule has 0 saturated carbocycles. The van der Waals surface area contributed by atoms with E-state index in [9.17, 15) is 0 Å². The van der Waals surface area contributed by atoms with E-state index in [2.05, 4.69) is 34.1 Å². The maximum atomic E-state index is 5.10. The molecule has 0 aliphatic heterocycles. The van der Waals surface area contributed by atoms with E-state index in [1.54, 1.807) is 24.5 Å². The van der Waals surface area contributed by atoms with Crippen LogP contribution in [-0.2, 0) is 0 Å². The zero-order valence-corrected chi connectivity index (χ0v) is 12.2. The van der Waals surface area contributed by atoms with Gasteiger partial charge in [-0.25, -0.2) is 15.0 Å². The Balaban J connectivity index is 2.15. The monoisotopic (exact) mass is 278 g/mol. The van der Waals surface area contributed by atoms with Crippen molar-refractivity contribution >= 4 is 11.3 Å². The van der Waals surface area contributed by atoms with Crippen LogP contribution >= 0.6 is 11.3 Å². The van der Waals surface area contributed by atoms with Crippen LogP contribution in [-0.4, -0.2) is 28.6 Å². The van der Waals surface area contributed by atoms with Crippen LogP contribution in [0.4, 0.5) is 0 Å². The predicted molar refractivity (Wildman–Crippen MR) is 76.4 cm³/mol. The Kier molecular flexibility index (Phi) is 4.81. The Labute approximate surface area is 117 Å². The van der Waals surface area contributed by atoms with Gasteiger partial charge in [0.05, 0.1) is 7.11 Å². The summed E-state index contributed by atoms with van der Waals surface area (Å²) in [5.74, 6) is 0.555. The third-order valence-corrected chi connectivity index (χ3v) is 3.92. The molecule has 2 aromatic rings. The second kappa shape index (κ2) is 6.58. The fourth-order valence-corrected chi connectivity index (χ4v) is 2.55. The Morgan fingerprint density at radius 1 is 1.37 bits per heavy atom. The van der Waals surface area contributed by atoms with Crippen molar-refractivity contribution in [3.05, 3.63) is 23.5 Å². The Bertz CT molecular complexity index is 529. The molecule has 2 rings (SSSR count). The molecule has 0 spiro atoms. The molecule has 2 aromatic heterocycles. The van der Waals surface area contributed by atoms with E-state index >= 15 is 0 Å². The van der Waals surface area contributed by atoms with Crippen molar-refractivity contribution in [1.29, 1.82) is 0 Å². The summed E-state index contributed by atoms with van der Waals surface area (Å²) < 4.78 is 5.10. The molecule has 0 aliphatic carbocycles. The molecular weight excluding hydrogens is 260 g/mol. The number of nitrogens with one attached hydrogen (secondary N) is 1. The normalized spacial score (nSPS) is 12.4. The maximum absolute atomic E-state index is 5.10. The highest BCUT2D eigenvalue weighted by Gasteiger charge is 2.11. The van der Waals surface area contributed by atoms with Crippen molar-refractivity contribution in [2.24, 2.45) is 0 Å². The van der Waals surface area contributed by atoms with Crippen LogP contribution in [0.3, 0.4) is 0 Å². The molecule has 0 fully saturated rings. The van der Waals surface area contributed by atoms with Crippen molar-refractivity contribution in [2.75, 3.05) is 13.7 Å². The van der Waals surface area contributed by atoms with Crippen LogP contribution in [0, 0.1) is 0 Å². The molecule has 0 saturated heterocycles. The number of methoxy groups -OCH3 is 1. The van der Waals surface area contributed by atoms with Gasteiger partial charge < -0.3 is 10.1 Å². The van der Waals surface area contributed by atoms with Crippen LogP contribution in [0.25, 0.3) is 10.7 Å². The van der Waals surface area contributed by atoms with Gasteiger partial charge >= 0.3 is 0 Å². The van der Waals surface area contributed by atoms with Crippen molar-refractivity contribution in [3.63, 3.8) is 0 Å². The third kappa shape index (κ3) is 3.48. The minimum atomic E-state index is 0.315. The molecule has 0 amide bonds. The smallest absolute Gasteiger partial charge is 0.216 e. The van der Waals surface area contributed by atoms with Gasteiger partial charge in [0.25, 0.3) is 0 Å². The molecule has 0 radical (unpaired) electrons. The van der Waals surface area contributed by atoms with Gasteiger partial charge in [-0.15, -0.1) is 11.3 Å². The molecule has 1 atom stereocenters. The van der Waals surface area contributed by atoms with E-state index in [0.717, 1.165) is 23.7 Å². The highest BCUT2D eigenvalue weighted by atomic mass is 32.1. The summed E-state index contributed by atoms with van der Waals surface area (Å²) in [5, 5.41) is 4.34. The standard InChI is InChI=1S/C13H18N4OS/c1-4-5-14-9(2)11-7-15-13(19-11)10-6-12(18-3)17-8-16-10/h6-9,14H,4-5H2,1-3H3. The largest absolute Gasteiger partial charge is 0.481 e. The lowest BCUT2D eigenvalue weighted by molar-refractivity contribution is 0.397. The van der Waals surface area contributed by atoms with E-state index in [1.165, 1.54) is 11.2 Å². The van der Waals surface area contributed by atoms with Gasteiger partial charge in [-0.1, -0.05) is 6.92 Å². The molecule has 0 aromatic carbocycles. The minimum absolute atomic E-state index is 0.315. The van der Waals surface area contributed by atoms with Gasteiger partial charge in [0, 0.05) is 23.2 Å². The average molecular weight is 278 g/mol. The third-order valence-electron chi connectivity index (χ3n) is 2.72. The maximum Gasteiger partial charge on any atom is 0.216 e. The van der Waals surface area contributed by atoms with E-state index in [4.69, 9.17) is 4.74 Å². The van der Waals surface area contributed by atoms with Gasteiger partial charge in [-0.05, 0) is 19.9 Å². The Hall–Kier alpha value is -1.53. The van der Waals surface area contributed by atoms with Crippen molar-refractivity contribution in [1.82, 2.24) is 20.3 Å². The Morgan fingerprint density at radius 3 is 2.95 bits per heavy atom. The molecule has 0 bridgehead atoms. The van der Waals surface area contributed by atoms with Crippen LogP contribution in [0.2, 0.25) is 0 Å². The zero-order chi connectivity index (χ0) is 13.7. The molecule has 19 heavy (non-hydrogen) atoms. The van der Waals surface area contributed by atoms with Crippen LogP contribution < -0.4 is 10.1 Å². The van der Waals surface area contributed by atoms with E-state index in [-0.39, 0.29) is 0 Å². The molecule has 102 valence electrons. The topological polar surface area (TPSA) is 59.9 Å². The van der Waals surface area contributed by atoms with Gasteiger partial charge in [0.2, 0.25) is 5.88 Å². The zero-order valence-electron chi connectivity index (χ0n) is 11.4. The van der Waals surface area contributed by atoms with Gasteiger partial charge in [0.15, 0.2) is 0 Å². The second-order valence-electron chi connectivity index (χ2n) is 4.19. The molecular formula is C13H18N4OS. The summed E-state index contributed by atoms with van der Waals surface area (Å²) in [7, 11) is 1.59. The number of ether oxygens (including phenoxy) is 1. The number of nitrogens with zero attached hydrogens (tertiary/aromatic N) is 3. The van der Waals surface area contributed by atoms with E-state index in [0.29, 0.717) is 11.9 Å². The number of thiazole rings is 1. The van der Waals surface area contributed by atoms with Crippen LogP contribution in [0.15, 0.2) is 18.6 Å². The molecule has 0 aliphatic rings. The lowest BCUT2D eigenvalue weighted by Crippen LogP contribution is -2.18. The fourth-order valence-electron chi connectivity index (χ4n) is 1.63. The minimum Gasteiger partial charge on any atom is -0.481 e. The van der Waals surface area contributed by atoms with Crippen molar-refractivity contribution in [2.45, 2.75) is 26.3 Å². The molecule has 1 unspecified atom stereocenters. The lowest BCUT2D eigenvalue weighted by Gasteiger charge is -2.09. The first-order valence-electron chi connectivity index (χ1n) is 6.30. The summed E-state index contributed by atoms with van der Waals surface area (Å²) in [6, 6.07) is 2.11. The van der Waals surface area contributed by atoms with E-state index in [1.807, 2.05) is 6.20 Å². The predicted octanol–water partition coefficient (Wildman–Crippen LogP) is 2.67. The van der Waals surface area contributed by atoms with Crippen LogP contribution in [0.5, 0.6) is 5.88 Å². The van der Waals surface area contributed by atoms with Crippen molar-refractivity contribution < 1.29 is 4.74 Å². The first-order chi connectivity index (χ1) is 9.24. The number of rotatable bonds is 6. The summed E-state index contributed by atoms with van der Waals surface area (Å²) >= 11 is 1.64. The molecule has 2 heterocycles. The van der Waals surface area contributed by atoms with Crippen LogP contribution in [0.1, 0.15) is 31.2 Å². The van der Waals surface area contributed by atoms with Gasteiger partial charge in [-0.2, -0.15) is 0 Å². The van der Waals surface area contributed by atoms with Gasteiger partial charge in [0.1, 0.15) is 17.0 Å². The summed E-state index contributed by atoms with van der Waals surface area (Å²) in [6.45, 7) is 5.31. The molecule has 1 N–H and O–H groups in total. The first kappa shape index (κ1) is 13.9. The fraction of sp³-hybridized carbons (Fsp3) is 0.462. The SMILES string of the molecule is CCCNC(C)c1cnc(-c2cc(OC)ncn2)s1. The van der Waals surface area contributed by atoms with Crippen molar-refractivity contribution in [3.8, 4) is 16.6 Å². The van der Waals surface area contributed by atoms with Gasteiger partial charge in [-0.3, -0.25) is 0 Å².